The maximum absolute atomic E-state index is 11.1. The lowest BCUT2D eigenvalue weighted by atomic mass is 10.2. The SMILES string of the molecule is CO[N+](=O)c1ccc(N(C)CCC(C)=O)cc1. The van der Waals surface area contributed by atoms with Crippen molar-refractivity contribution in [1.29, 1.82) is 0 Å². The summed E-state index contributed by atoms with van der Waals surface area (Å²) in [6.07, 6.45) is 0.518. The Morgan fingerprint density at radius 2 is 1.94 bits per heavy atom. The summed E-state index contributed by atoms with van der Waals surface area (Å²) in [6, 6.07) is 6.99. The molecule has 0 fully saturated rings. The number of ketones is 1. The number of carbonyl (C=O) groups is 1. The minimum Gasteiger partial charge on any atom is -0.374 e. The van der Waals surface area contributed by atoms with E-state index < -0.39 is 0 Å². The second-order valence-electron chi connectivity index (χ2n) is 3.83. The average Bonchev–Trinajstić information content (AvgIpc) is 2.35. The van der Waals surface area contributed by atoms with Crippen LogP contribution in [0, 0.1) is 4.91 Å². The lowest BCUT2D eigenvalue weighted by molar-refractivity contribution is -0.736. The van der Waals surface area contributed by atoms with Crippen LogP contribution in [0.5, 0.6) is 0 Å². The van der Waals surface area contributed by atoms with Crippen molar-refractivity contribution >= 4 is 17.2 Å². The fraction of sp³-hybridized carbons (Fsp3) is 0.417. The van der Waals surface area contributed by atoms with Crippen LogP contribution in [0.15, 0.2) is 24.3 Å². The molecule has 0 aliphatic rings. The number of benzene rings is 1. The van der Waals surface area contributed by atoms with Crippen LogP contribution in [-0.2, 0) is 9.63 Å². The van der Waals surface area contributed by atoms with Gasteiger partial charge in [-0.1, -0.05) is 0 Å². The molecule has 0 heterocycles. The monoisotopic (exact) mass is 237 g/mol. The van der Waals surface area contributed by atoms with Gasteiger partial charge >= 0.3 is 5.69 Å². The number of hydrogen-bond donors (Lipinski definition) is 0. The van der Waals surface area contributed by atoms with E-state index >= 15 is 0 Å². The first-order valence-electron chi connectivity index (χ1n) is 5.36. The van der Waals surface area contributed by atoms with Gasteiger partial charge in [-0.2, -0.15) is 0 Å². The largest absolute Gasteiger partial charge is 0.374 e. The molecule has 17 heavy (non-hydrogen) atoms. The molecule has 0 radical (unpaired) electrons. The molecular weight excluding hydrogens is 220 g/mol. The number of carbonyl (C=O) groups excluding carboxylic acids is 1. The summed E-state index contributed by atoms with van der Waals surface area (Å²) >= 11 is 0. The Kier molecular flexibility index (Phi) is 4.63. The third kappa shape index (κ3) is 3.86. The quantitative estimate of drug-likeness (QED) is 0.711. The maximum Gasteiger partial charge on any atom is 0.316 e. The third-order valence-corrected chi connectivity index (χ3v) is 2.47. The predicted octanol–water partition coefficient (Wildman–Crippen LogP) is 2.07. The number of nitrogens with zero attached hydrogens (tertiary/aromatic N) is 2. The molecule has 0 spiro atoms. The van der Waals surface area contributed by atoms with Crippen LogP contribution in [0.25, 0.3) is 0 Å². The topological polar surface area (TPSA) is 49.6 Å². The van der Waals surface area contributed by atoms with Gasteiger partial charge in [0.2, 0.25) is 0 Å². The highest BCUT2D eigenvalue weighted by Crippen LogP contribution is 2.18. The fourth-order valence-corrected chi connectivity index (χ4v) is 1.39. The van der Waals surface area contributed by atoms with E-state index in [1.807, 2.05) is 24.1 Å². The second kappa shape index (κ2) is 5.98. The molecule has 0 unspecified atom stereocenters. The first kappa shape index (κ1) is 13.2. The van der Waals surface area contributed by atoms with Gasteiger partial charge in [0.05, 0.1) is 4.91 Å². The molecule has 1 aromatic rings. The van der Waals surface area contributed by atoms with Crippen molar-refractivity contribution in [2.45, 2.75) is 13.3 Å². The Morgan fingerprint density at radius 1 is 1.35 bits per heavy atom. The molecular formula is C12H17N2O3+. The molecule has 0 aliphatic carbocycles. The van der Waals surface area contributed by atoms with Crippen LogP contribution in [0.4, 0.5) is 11.4 Å². The molecule has 0 amide bonds. The third-order valence-electron chi connectivity index (χ3n) is 2.47. The summed E-state index contributed by atoms with van der Waals surface area (Å²) in [4.78, 5) is 29.0. The maximum atomic E-state index is 11.1. The lowest BCUT2D eigenvalue weighted by Crippen LogP contribution is -2.20. The van der Waals surface area contributed by atoms with E-state index in [-0.39, 0.29) is 5.78 Å². The van der Waals surface area contributed by atoms with Gasteiger partial charge in [-0.25, -0.2) is 4.84 Å². The first-order chi connectivity index (χ1) is 8.04. The van der Waals surface area contributed by atoms with Crippen LogP contribution < -0.4 is 4.90 Å². The minimum atomic E-state index is 0.165. The van der Waals surface area contributed by atoms with Crippen LogP contribution >= 0.6 is 0 Å². The number of anilines is 1. The zero-order chi connectivity index (χ0) is 12.8. The van der Waals surface area contributed by atoms with E-state index in [0.717, 1.165) is 5.69 Å². The molecule has 92 valence electrons. The lowest BCUT2D eigenvalue weighted by Gasteiger charge is -2.17. The fourth-order valence-electron chi connectivity index (χ4n) is 1.39. The predicted molar refractivity (Wildman–Crippen MR) is 65.3 cm³/mol. The van der Waals surface area contributed by atoms with Crippen molar-refractivity contribution in [3.05, 3.63) is 29.2 Å². The van der Waals surface area contributed by atoms with Gasteiger partial charge < -0.3 is 4.90 Å². The van der Waals surface area contributed by atoms with Gasteiger partial charge in [0, 0.05) is 37.8 Å². The summed E-state index contributed by atoms with van der Waals surface area (Å²) in [6.45, 7) is 2.24. The van der Waals surface area contributed by atoms with Gasteiger partial charge in [0.1, 0.15) is 5.78 Å². The van der Waals surface area contributed by atoms with Gasteiger partial charge in [0.25, 0.3) is 4.92 Å². The highest BCUT2D eigenvalue weighted by molar-refractivity contribution is 5.76. The Labute approximate surface area is 101 Å². The van der Waals surface area contributed by atoms with Crippen molar-refractivity contribution in [2.24, 2.45) is 0 Å². The molecule has 0 saturated carbocycles. The van der Waals surface area contributed by atoms with Crippen molar-refractivity contribution in [3.8, 4) is 0 Å². The summed E-state index contributed by atoms with van der Waals surface area (Å²) in [5.41, 5.74) is 1.40. The molecule has 0 N–H and O–H groups in total. The smallest absolute Gasteiger partial charge is 0.316 e. The molecule has 0 bridgehead atoms. The van der Waals surface area contributed by atoms with E-state index in [9.17, 15) is 9.70 Å². The van der Waals surface area contributed by atoms with Crippen molar-refractivity contribution < 1.29 is 14.6 Å². The van der Waals surface area contributed by atoms with Crippen LogP contribution in [-0.4, -0.2) is 31.4 Å². The number of rotatable bonds is 6. The Balaban J connectivity index is 2.66. The van der Waals surface area contributed by atoms with Gasteiger partial charge in [-0.05, 0) is 19.1 Å². The van der Waals surface area contributed by atoms with E-state index in [4.69, 9.17) is 0 Å². The van der Waals surface area contributed by atoms with E-state index in [1.165, 1.54) is 7.11 Å². The molecule has 5 heteroatoms. The second-order valence-corrected chi connectivity index (χ2v) is 3.83. The molecule has 0 aromatic heterocycles. The van der Waals surface area contributed by atoms with Gasteiger partial charge in [-0.15, -0.1) is 0 Å². The van der Waals surface area contributed by atoms with Crippen molar-refractivity contribution in [3.63, 3.8) is 0 Å². The average molecular weight is 237 g/mol. The summed E-state index contributed by atoms with van der Waals surface area (Å²) < 4.78 is 0. The molecule has 5 nitrogen and oxygen atoms in total. The van der Waals surface area contributed by atoms with Gasteiger partial charge in [-0.3, -0.25) is 4.79 Å². The van der Waals surface area contributed by atoms with Gasteiger partial charge in [0.15, 0.2) is 7.11 Å². The summed E-state index contributed by atoms with van der Waals surface area (Å²) in [7, 11) is 3.23. The minimum absolute atomic E-state index is 0.165. The van der Waals surface area contributed by atoms with E-state index in [2.05, 4.69) is 4.84 Å². The van der Waals surface area contributed by atoms with Crippen molar-refractivity contribution in [1.82, 2.24) is 0 Å². The van der Waals surface area contributed by atoms with Crippen molar-refractivity contribution in [2.75, 3.05) is 25.6 Å². The first-order valence-corrected chi connectivity index (χ1v) is 5.36. The Hall–Kier alpha value is -1.91. The van der Waals surface area contributed by atoms with E-state index in [1.54, 1.807) is 19.1 Å². The Morgan fingerprint density at radius 3 is 2.41 bits per heavy atom. The number of hydrogen-bond acceptors (Lipinski definition) is 4. The number of Topliss-reactive ketones (excluding diaryl/α,β-unsaturated/α-hetero) is 1. The van der Waals surface area contributed by atoms with E-state index in [0.29, 0.717) is 23.6 Å². The normalized spacial score (nSPS) is 9.82. The highest BCUT2D eigenvalue weighted by Gasteiger charge is 2.13. The zero-order valence-electron chi connectivity index (χ0n) is 10.3. The molecule has 1 aromatic carbocycles. The Bertz CT molecular complexity index is 401. The van der Waals surface area contributed by atoms with Crippen LogP contribution in [0.3, 0.4) is 0 Å². The zero-order valence-corrected chi connectivity index (χ0v) is 10.3. The summed E-state index contributed by atoms with van der Waals surface area (Å²) in [5.74, 6) is 0.165. The molecule has 0 aliphatic heterocycles. The molecule has 0 atom stereocenters. The molecule has 0 saturated heterocycles. The highest BCUT2D eigenvalue weighted by atomic mass is 16.8. The van der Waals surface area contributed by atoms with Crippen LogP contribution in [0.1, 0.15) is 13.3 Å². The molecule has 1 rings (SSSR count). The summed E-state index contributed by atoms with van der Waals surface area (Å²) in [5, 5.41) is 0. The van der Waals surface area contributed by atoms with Crippen LogP contribution in [0.2, 0.25) is 0 Å². The standard InChI is InChI=1S/C12H17N2O3/c1-10(15)8-9-13(2)11-4-6-12(7-5-11)14(16)17-3/h4-7H,8-9H2,1-3H3/q+1.